The van der Waals surface area contributed by atoms with Crippen LogP contribution in [-0.2, 0) is 4.74 Å². The fourth-order valence-corrected chi connectivity index (χ4v) is 2.18. The topological polar surface area (TPSA) is 12.5 Å². The van der Waals surface area contributed by atoms with Gasteiger partial charge in [-0.3, -0.25) is 0 Å². The van der Waals surface area contributed by atoms with Crippen LogP contribution in [0.2, 0.25) is 0 Å². The van der Waals surface area contributed by atoms with Crippen LogP contribution in [0.15, 0.2) is 0 Å². The van der Waals surface area contributed by atoms with E-state index in [1.165, 1.54) is 11.9 Å². The Morgan fingerprint density at radius 1 is 1.31 bits per heavy atom. The summed E-state index contributed by atoms with van der Waals surface area (Å²) in [7, 11) is 0. The highest BCUT2D eigenvalue weighted by molar-refractivity contribution is 8.21. The molecule has 0 spiro atoms. The van der Waals surface area contributed by atoms with Gasteiger partial charge in [0.25, 0.3) is 0 Å². The molecule has 0 heterocycles. The average molecular weight is 221 g/mol. The van der Waals surface area contributed by atoms with E-state index in [2.05, 4.69) is 32.0 Å². The first-order valence-electron chi connectivity index (χ1n) is 4.62. The molecule has 78 valence electrons. The Bertz CT molecular complexity index is 152. The van der Waals surface area contributed by atoms with Gasteiger partial charge in [-0.25, -0.2) is 4.31 Å². The minimum Gasteiger partial charge on any atom is -0.478 e. The van der Waals surface area contributed by atoms with Gasteiger partial charge in [0.15, 0.2) is 0 Å². The van der Waals surface area contributed by atoms with Crippen LogP contribution in [0.4, 0.5) is 0 Å². The lowest BCUT2D eigenvalue weighted by Gasteiger charge is -2.28. The molecule has 0 atom stereocenters. The van der Waals surface area contributed by atoms with Crippen molar-refractivity contribution in [2.45, 2.75) is 46.7 Å². The van der Waals surface area contributed by atoms with E-state index < -0.39 is 0 Å². The number of ether oxygens (including phenoxy) is 1. The van der Waals surface area contributed by atoms with E-state index in [0.29, 0.717) is 23.1 Å². The Kier molecular flexibility index (Phi) is 6.73. The van der Waals surface area contributed by atoms with Gasteiger partial charge in [-0.2, -0.15) is 0 Å². The van der Waals surface area contributed by atoms with E-state index in [9.17, 15) is 0 Å². The number of thiocarbonyl (C=S) groups is 1. The molecular weight excluding hydrogens is 202 g/mol. The lowest BCUT2D eigenvalue weighted by molar-refractivity contribution is 0.324. The van der Waals surface area contributed by atoms with Gasteiger partial charge in [0.05, 0.1) is 6.61 Å². The van der Waals surface area contributed by atoms with Crippen molar-refractivity contribution in [2.75, 3.05) is 6.61 Å². The highest BCUT2D eigenvalue weighted by Gasteiger charge is 2.16. The predicted octanol–water partition coefficient (Wildman–Crippen LogP) is 3.07. The Balaban J connectivity index is 4.02. The van der Waals surface area contributed by atoms with Crippen LogP contribution >= 0.6 is 24.2 Å². The van der Waals surface area contributed by atoms with Crippen LogP contribution in [0.3, 0.4) is 0 Å². The zero-order valence-corrected chi connectivity index (χ0v) is 10.7. The molecule has 0 amide bonds. The Labute approximate surface area is 91.1 Å². The van der Waals surface area contributed by atoms with Gasteiger partial charge in [0, 0.05) is 24.0 Å². The van der Waals surface area contributed by atoms with Gasteiger partial charge in [-0.15, -0.1) is 0 Å². The average Bonchev–Trinajstić information content (AvgIpc) is 1.99. The quantitative estimate of drug-likeness (QED) is 0.534. The van der Waals surface area contributed by atoms with Crippen molar-refractivity contribution in [1.82, 2.24) is 4.31 Å². The summed E-state index contributed by atoms with van der Waals surface area (Å²) >= 11 is 6.60. The predicted molar refractivity (Wildman–Crippen MR) is 63.9 cm³/mol. The van der Waals surface area contributed by atoms with E-state index in [1.807, 2.05) is 6.92 Å². The second-order valence-electron chi connectivity index (χ2n) is 3.32. The van der Waals surface area contributed by atoms with Gasteiger partial charge < -0.3 is 4.74 Å². The minimum absolute atomic E-state index is 0.475. The number of rotatable bonds is 4. The number of hydrogen-bond donors (Lipinski definition) is 0. The fraction of sp³-hybridized carbons (Fsp3) is 0.889. The molecule has 0 bridgehead atoms. The van der Waals surface area contributed by atoms with Gasteiger partial charge in [0.1, 0.15) is 0 Å². The molecule has 0 N–H and O–H groups in total. The monoisotopic (exact) mass is 221 g/mol. The van der Waals surface area contributed by atoms with Gasteiger partial charge in [-0.05, 0) is 46.8 Å². The highest BCUT2D eigenvalue weighted by atomic mass is 32.2. The van der Waals surface area contributed by atoms with Crippen molar-refractivity contribution >= 4 is 28.5 Å². The maximum atomic E-state index is 5.23. The molecule has 0 aliphatic rings. The summed E-state index contributed by atoms with van der Waals surface area (Å²) in [6, 6.07) is 0.951. The molecule has 0 aromatic carbocycles. The summed E-state index contributed by atoms with van der Waals surface area (Å²) < 4.78 is 8.08. The van der Waals surface area contributed by atoms with E-state index in [-0.39, 0.29) is 0 Å². The Morgan fingerprint density at radius 2 is 1.77 bits per heavy atom. The summed E-state index contributed by atoms with van der Waals surface area (Å²) in [4.78, 5) is 0. The van der Waals surface area contributed by atoms with Crippen molar-refractivity contribution in [1.29, 1.82) is 0 Å². The standard InChI is InChI=1S/C9H19NOS2/c1-6-11-9(12)13-10(7(2)3)8(4)5/h7-8H,6H2,1-5H3. The summed E-state index contributed by atoms with van der Waals surface area (Å²) in [5.41, 5.74) is 0. The van der Waals surface area contributed by atoms with E-state index in [1.54, 1.807) is 0 Å². The summed E-state index contributed by atoms with van der Waals surface area (Å²) in [6.45, 7) is 11.2. The third-order valence-corrected chi connectivity index (χ3v) is 3.12. The second-order valence-corrected chi connectivity index (χ2v) is 4.93. The van der Waals surface area contributed by atoms with Crippen molar-refractivity contribution in [3.8, 4) is 0 Å². The summed E-state index contributed by atoms with van der Waals surface area (Å²) in [5, 5.41) is 0. The Hall–Kier alpha value is 0.200. The smallest absolute Gasteiger partial charge is 0.235 e. The zero-order valence-electron chi connectivity index (χ0n) is 9.03. The molecule has 0 rings (SSSR count). The van der Waals surface area contributed by atoms with Crippen LogP contribution in [0, 0.1) is 0 Å². The first kappa shape index (κ1) is 13.2. The van der Waals surface area contributed by atoms with Crippen LogP contribution in [0.1, 0.15) is 34.6 Å². The van der Waals surface area contributed by atoms with Gasteiger partial charge >= 0.3 is 0 Å². The Morgan fingerprint density at radius 3 is 2.08 bits per heavy atom. The van der Waals surface area contributed by atoms with Crippen LogP contribution in [-0.4, -0.2) is 27.4 Å². The number of hydrogen-bond acceptors (Lipinski definition) is 4. The molecule has 0 fully saturated rings. The largest absolute Gasteiger partial charge is 0.478 e. The first-order chi connectivity index (χ1) is 5.99. The first-order valence-corrected chi connectivity index (χ1v) is 5.80. The van der Waals surface area contributed by atoms with E-state index in [4.69, 9.17) is 17.0 Å². The molecule has 0 unspecified atom stereocenters. The molecule has 0 saturated carbocycles. The molecule has 0 radical (unpaired) electrons. The molecule has 0 aliphatic carbocycles. The zero-order chi connectivity index (χ0) is 10.4. The molecule has 13 heavy (non-hydrogen) atoms. The number of nitrogens with zero attached hydrogens (tertiary/aromatic N) is 1. The molecule has 0 aromatic rings. The normalized spacial score (nSPS) is 11.4. The van der Waals surface area contributed by atoms with Crippen molar-refractivity contribution in [3.63, 3.8) is 0 Å². The third kappa shape index (κ3) is 5.49. The SMILES string of the molecule is CCOC(=S)SN(C(C)C)C(C)C. The molecule has 0 saturated heterocycles. The van der Waals surface area contributed by atoms with E-state index in [0.717, 1.165) is 0 Å². The third-order valence-electron chi connectivity index (χ3n) is 1.46. The fourth-order valence-electron chi connectivity index (χ4n) is 1.04. The lowest BCUT2D eigenvalue weighted by atomic mass is 10.3. The second kappa shape index (κ2) is 6.62. The molecule has 0 aliphatic heterocycles. The maximum absolute atomic E-state index is 5.23. The lowest BCUT2D eigenvalue weighted by Crippen LogP contribution is -2.32. The van der Waals surface area contributed by atoms with E-state index >= 15 is 0 Å². The molecule has 2 nitrogen and oxygen atoms in total. The van der Waals surface area contributed by atoms with Crippen LogP contribution < -0.4 is 0 Å². The van der Waals surface area contributed by atoms with Crippen molar-refractivity contribution in [3.05, 3.63) is 0 Å². The maximum Gasteiger partial charge on any atom is 0.235 e. The van der Waals surface area contributed by atoms with Gasteiger partial charge in [0.2, 0.25) is 4.38 Å². The molecular formula is C9H19NOS2. The summed E-state index contributed by atoms with van der Waals surface area (Å²) in [5.74, 6) is 0. The summed E-state index contributed by atoms with van der Waals surface area (Å²) in [6.07, 6.45) is 0. The van der Waals surface area contributed by atoms with Crippen LogP contribution in [0.25, 0.3) is 0 Å². The molecule has 4 heteroatoms. The van der Waals surface area contributed by atoms with Crippen molar-refractivity contribution < 1.29 is 4.74 Å². The van der Waals surface area contributed by atoms with Crippen molar-refractivity contribution in [2.24, 2.45) is 0 Å². The van der Waals surface area contributed by atoms with Gasteiger partial charge in [-0.1, -0.05) is 0 Å². The highest BCUT2D eigenvalue weighted by Crippen LogP contribution is 2.20. The minimum atomic E-state index is 0.475. The molecule has 0 aromatic heterocycles. The van der Waals surface area contributed by atoms with Crippen LogP contribution in [0.5, 0.6) is 0 Å².